The predicted molar refractivity (Wildman–Crippen MR) is 65.5 cm³/mol. The van der Waals surface area contributed by atoms with Gasteiger partial charge in [0.05, 0.1) is 24.8 Å². The first-order valence-electron chi connectivity index (χ1n) is 6.38. The van der Waals surface area contributed by atoms with Crippen molar-refractivity contribution in [1.29, 1.82) is 0 Å². The van der Waals surface area contributed by atoms with E-state index in [1.165, 1.54) is 25.7 Å². The number of morpholine rings is 1. The average molecular weight is 225 g/mol. The van der Waals surface area contributed by atoms with E-state index in [1.54, 1.807) is 0 Å². The van der Waals surface area contributed by atoms with Gasteiger partial charge >= 0.3 is 0 Å². The lowest BCUT2D eigenvalue weighted by atomic mass is 10.2. The minimum atomic E-state index is 0.258. The quantitative estimate of drug-likeness (QED) is 0.541. The summed E-state index contributed by atoms with van der Waals surface area (Å²) in [7, 11) is 0. The van der Waals surface area contributed by atoms with Crippen molar-refractivity contribution in [2.45, 2.75) is 57.7 Å². The van der Waals surface area contributed by atoms with Gasteiger partial charge in [-0.3, -0.25) is 0 Å². The van der Waals surface area contributed by atoms with Crippen molar-refractivity contribution in [2.24, 2.45) is 10.7 Å². The van der Waals surface area contributed by atoms with Crippen LogP contribution in [0.2, 0.25) is 0 Å². The van der Waals surface area contributed by atoms with Crippen LogP contribution in [-0.4, -0.2) is 42.2 Å². The van der Waals surface area contributed by atoms with Gasteiger partial charge in [-0.05, 0) is 26.7 Å². The number of ether oxygens (including phenoxy) is 1. The molecular formula is C12H23N3O. The van der Waals surface area contributed by atoms with Gasteiger partial charge < -0.3 is 15.4 Å². The molecular weight excluding hydrogens is 202 g/mol. The van der Waals surface area contributed by atoms with Crippen molar-refractivity contribution in [2.75, 3.05) is 13.2 Å². The van der Waals surface area contributed by atoms with Gasteiger partial charge in [0.15, 0.2) is 5.96 Å². The molecule has 2 fully saturated rings. The second-order valence-corrected chi connectivity index (χ2v) is 5.07. The Hall–Kier alpha value is -0.770. The summed E-state index contributed by atoms with van der Waals surface area (Å²) >= 11 is 0. The average Bonchev–Trinajstić information content (AvgIpc) is 2.74. The van der Waals surface area contributed by atoms with E-state index in [1.807, 2.05) is 0 Å². The van der Waals surface area contributed by atoms with Gasteiger partial charge in [0.25, 0.3) is 0 Å². The van der Waals surface area contributed by atoms with E-state index in [2.05, 4.69) is 23.7 Å². The Bertz CT molecular complexity index is 261. The second kappa shape index (κ2) is 5.04. The lowest BCUT2D eigenvalue weighted by molar-refractivity contribution is -0.0229. The third kappa shape index (κ3) is 2.67. The van der Waals surface area contributed by atoms with Gasteiger partial charge in [-0.1, -0.05) is 12.8 Å². The van der Waals surface area contributed by atoms with E-state index >= 15 is 0 Å². The highest BCUT2D eigenvalue weighted by atomic mass is 16.5. The number of aliphatic imine (C=N–C) groups is 1. The number of rotatable bonds is 1. The molecule has 2 atom stereocenters. The molecule has 0 aromatic carbocycles. The van der Waals surface area contributed by atoms with Gasteiger partial charge in [0.2, 0.25) is 0 Å². The number of guanidine groups is 1. The topological polar surface area (TPSA) is 50.8 Å². The fourth-order valence-corrected chi connectivity index (χ4v) is 2.52. The Morgan fingerprint density at radius 3 is 2.69 bits per heavy atom. The third-order valence-corrected chi connectivity index (χ3v) is 3.54. The Labute approximate surface area is 97.9 Å². The summed E-state index contributed by atoms with van der Waals surface area (Å²) in [5, 5.41) is 0. The van der Waals surface area contributed by atoms with Crippen LogP contribution >= 0.6 is 0 Å². The Balaban J connectivity index is 1.98. The zero-order chi connectivity index (χ0) is 11.5. The smallest absolute Gasteiger partial charge is 0.191 e. The van der Waals surface area contributed by atoms with E-state index in [4.69, 9.17) is 10.5 Å². The second-order valence-electron chi connectivity index (χ2n) is 5.07. The lowest BCUT2D eigenvalue weighted by Crippen LogP contribution is -2.53. The first-order chi connectivity index (χ1) is 7.66. The highest BCUT2D eigenvalue weighted by molar-refractivity contribution is 5.78. The molecule has 2 unspecified atom stereocenters. The van der Waals surface area contributed by atoms with Crippen molar-refractivity contribution in [3.63, 3.8) is 0 Å². The molecule has 0 amide bonds. The van der Waals surface area contributed by atoms with Gasteiger partial charge in [0, 0.05) is 6.54 Å². The molecule has 1 heterocycles. The molecule has 0 spiro atoms. The van der Waals surface area contributed by atoms with Crippen molar-refractivity contribution in [3.8, 4) is 0 Å². The maximum Gasteiger partial charge on any atom is 0.191 e. The monoisotopic (exact) mass is 225 g/mol. The molecule has 1 saturated carbocycles. The molecule has 1 aliphatic carbocycles. The standard InChI is InChI=1S/C12H23N3O/c1-9-8-16-10(2)7-15(9)12(13)14-11-5-3-4-6-11/h9-11H,3-8H2,1-2H3,(H2,13,14). The van der Waals surface area contributed by atoms with Gasteiger partial charge in [0.1, 0.15) is 0 Å². The summed E-state index contributed by atoms with van der Waals surface area (Å²) in [6.07, 6.45) is 5.27. The van der Waals surface area contributed by atoms with E-state index in [0.29, 0.717) is 12.1 Å². The van der Waals surface area contributed by atoms with E-state index in [0.717, 1.165) is 19.1 Å². The third-order valence-electron chi connectivity index (χ3n) is 3.54. The van der Waals surface area contributed by atoms with Gasteiger partial charge in [-0.25, -0.2) is 4.99 Å². The van der Waals surface area contributed by atoms with Crippen LogP contribution in [0.15, 0.2) is 4.99 Å². The van der Waals surface area contributed by atoms with E-state index < -0.39 is 0 Å². The van der Waals surface area contributed by atoms with Crippen LogP contribution in [0.1, 0.15) is 39.5 Å². The largest absolute Gasteiger partial charge is 0.375 e. The summed E-state index contributed by atoms with van der Waals surface area (Å²) in [6.45, 7) is 5.84. The van der Waals surface area contributed by atoms with E-state index in [-0.39, 0.29) is 6.10 Å². The van der Waals surface area contributed by atoms with Crippen LogP contribution in [0.3, 0.4) is 0 Å². The van der Waals surface area contributed by atoms with Crippen LogP contribution in [0.25, 0.3) is 0 Å². The molecule has 2 N–H and O–H groups in total. The summed E-state index contributed by atoms with van der Waals surface area (Å²) < 4.78 is 5.59. The number of nitrogens with two attached hydrogens (primary N) is 1. The van der Waals surface area contributed by atoms with Crippen molar-refractivity contribution >= 4 is 5.96 Å². The maximum absolute atomic E-state index is 6.10. The summed E-state index contributed by atoms with van der Waals surface area (Å²) in [6, 6.07) is 0.812. The molecule has 0 aromatic rings. The summed E-state index contributed by atoms with van der Waals surface area (Å²) in [4.78, 5) is 6.84. The first kappa shape index (κ1) is 11.7. The Morgan fingerprint density at radius 2 is 2.00 bits per heavy atom. The number of hydrogen-bond donors (Lipinski definition) is 1. The van der Waals surface area contributed by atoms with E-state index in [9.17, 15) is 0 Å². The van der Waals surface area contributed by atoms with Crippen LogP contribution in [0.4, 0.5) is 0 Å². The van der Waals surface area contributed by atoms with Gasteiger partial charge in [-0.2, -0.15) is 0 Å². The molecule has 4 nitrogen and oxygen atoms in total. The van der Waals surface area contributed by atoms with Crippen LogP contribution in [0, 0.1) is 0 Å². The molecule has 1 aliphatic heterocycles. The molecule has 4 heteroatoms. The minimum absolute atomic E-state index is 0.258. The molecule has 0 aromatic heterocycles. The molecule has 16 heavy (non-hydrogen) atoms. The molecule has 0 radical (unpaired) electrons. The van der Waals surface area contributed by atoms with Crippen molar-refractivity contribution in [1.82, 2.24) is 4.90 Å². The SMILES string of the molecule is CC1CN(C(N)=NC2CCCC2)C(C)CO1. The highest BCUT2D eigenvalue weighted by Gasteiger charge is 2.25. The van der Waals surface area contributed by atoms with Crippen LogP contribution in [0.5, 0.6) is 0 Å². The fraction of sp³-hybridized carbons (Fsp3) is 0.917. The molecule has 92 valence electrons. The zero-order valence-electron chi connectivity index (χ0n) is 10.4. The van der Waals surface area contributed by atoms with Gasteiger partial charge in [-0.15, -0.1) is 0 Å². The molecule has 1 saturated heterocycles. The molecule has 0 bridgehead atoms. The minimum Gasteiger partial charge on any atom is -0.375 e. The maximum atomic E-state index is 6.10. The predicted octanol–water partition coefficient (Wildman–Crippen LogP) is 1.35. The normalized spacial score (nSPS) is 33.4. The van der Waals surface area contributed by atoms with Crippen molar-refractivity contribution in [3.05, 3.63) is 0 Å². The summed E-state index contributed by atoms with van der Waals surface area (Å²) in [5.41, 5.74) is 6.10. The Morgan fingerprint density at radius 1 is 1.31 bits per heavy atom. The molecule has 2 aliphatic rings. The van der Waals surface area contributed by atoms with Crippen LogP contribution < -0.4 is 5.73 Å². The highest BCUT2D eigenvalue weighted by Crippen LogP contribution is 2.21. The van der Waals surface area contributed by atoms with Crippen LogP contribution in [-0.2, 0) is 4.74 Å². The summed E-state index contributed by atoms with van der Waals surface area (Å²) in [5.74, 6) is 0.717. The fourth-order valence-electron chi connectivity index (χ4n) is 2.52. The Kier molecular flexibility index (Phi) is 3.69. The zero-order valence-corrected chi connectivity index (χ0v) is 10.4. The number of hydrogen-bond acceptors (Lipinski definition) is 2. The first-order valence-corrected chi connectivity index (χ1v) is 6.38. The number of nitrogens with zero attached hydrogens (tertiary/aromatic N) is 2. The molecule has 2 rings (SSSR count). The lowest BCUT2D eigenvalue weighted by Gasteiger charge is -2.37. The van der Waals surface area contributed by atoms with Crippen molar-refractivity contribution < 1.29 is 4.74 Å².